The molecule has 1 nitrogen and oxygen atoms in total. The van der Waals surface area contributed by atoms with Crippen molar-refractivity contribution in [3.8, 4) is 44.5 Å². The highest BCUT2D eigenvalue weighted by Gasteiger charge is 2.21. The minimum atomic E-state index is 1.11. The van der Waals surface area contributed by atoms with Crippen molar-refractivity contribution < 1.29 is 0 Å². The number of hydrogen-bond donors (Lipinski definition) is 0. The molecule has 0 spiro atoms. The third kappa shape index (κ3) is 6.15. The zero-order valence-electron chi connectivity index (χ0n) is 33.9. The normalized spacial score (nSPS) is 11.5. The standard InChI is InChI=1S/C60H39NS/c1-4-15-40(16-5-1)44-27-28-46-38-49(35-31-45(46)37-44)61(55-24-14-26-57-60(55)53-23-12-13-25-56(53)62-57)48-33-29-41(30-34-48)47-32-36-51-50-21-10-11-22-52(50)58(42-17-6-2-7-18-42)59(54(51)39-47)43-19-8-3-9-20-43/h1-39H. The van der Waals surface area contributed by atoms with Crippen LogP contribution in [0.2, 0.25) is 0 Å². The molecule has 290 valence electrons. The van der Waals surface area contributed by atoms with Crippen LogP contribution in [0, 0.1) is 0 Å². The summed E-state index contributed by atoms with van der Waals surface area (Å²) in [6, 6.07) is 86.7. The second kappa shape index (κ2) is 15.0. The van der Waals surface area contributed by atoms with Crippen LogP contribution in [-0.2, 0) is 0 Å². The van der Waals surface area contributed by atoms with Crippen LogP contribution in [0.15, 0.2) is 237 Å². The molecule has 0 bridgehead atoms. The molecule has 0 fully saturated rings. The molecule has 11 aromatic carbocycles. The van der Waals surface area contributed by atoms with E-state index in [1.807, 2.05) is 11.3 Å². The maximum atomic E-state index is 2.45. The first-order valence-electron chi connectivity index (χ1n) is 21.2. The van der Waals surface area contributed by atoms with Crippen molar-refractivity contribution in [1.29, 1.82) is 0 Å². The Balaban J connectivity index is 1.02. The van der Waals surface area contributed by atoms with Gasteiger partial charge in [0.2, 0.25) is 0 Å². The summed E-state index contributed by atoms with van der Waals surface area (Å²) in [5, 5.41) is 10.0. The first kappa shape index (κ1) is 36.1. The fourth-order valence-electron chi connectivity index (χ4n) is 9.54. The molecule has 62 heavy (non-hydrogen) atoms. The first-order valence-corrected chi connectivity index (χ1v) is 22.1. The van der Waals surface area contributed by atoms with Gasteiger partial charge >= 0.3 is 0 Å². The number of anilines is 3. The largest absolute Gasteiger partial charge is 0.310 e. The quantitative estimate of drug-likeness (QED) is 0.145. The predicted molar refractivity (Wildman–Crippen MR) is 268 cm³/mol. The van der Waals surface area contributed by atoms with E-state index in [1.165, 1.54) is 103 Å². The molecule has 1 heterocycles. The molecule has 1 aromatic heterocycles. The molecule has 0 N–H and O–H groups in total. The van der Waals surface area contributed by atoms with Crippen LogP contribution >= 0.6 is 11.3 Å². The third-order valence-electron chi connectivity index (χ3n) is 12.4. The predicted octanol–water partition coefficient (Wildman–Crippen LogP) is 17.7. The fourth-order valence-corrected chi connectivity index (χ4v) is 10.7. The molecule has 12 aromatic rings. The van der Waals surface area contributed by atoms with Gasteiger partial charge in [-0.1, -0.05) is 182 Å². The minimum absolute atomic E-state index is 1.11. The average Bonchev–Trinajstić information content (AvgIpc) is 3.74. The van der Waals surface area contributed by atoms with Gasteiger partial charge in [-0.15, -0.1) is 11.3 Å². The summed E-state index contributed by atoms with van der Waals surface area (Å²) in [6.07, 6.45) is 0. The second-order valence-corrected chi connectivity index (χ2v) is 17.1. The van der Waals surface area contributed by atoms with Crippen molar-refractivity contribution in [2.24, 2.45) is 0 Å². The Bertz CT molecular complexity index is 3610. The maximum Gasteiger partial charge on any atom is 0.0554 e. The third-order valence-corrected chi connectivity index (χ3v) is 13.6. The Hall–Kier alpha value is -7.78. The molecule has 0 radical (unpaired) electrons. The summed E-state index contributed by atoms with van der Waals surface area (Å²) in [7, 11) is 0. The number of rotatable bonds is 7. The van der Waals surface area contributed by atoms with E-state index in [1.54, 1.807) is 0 Å². The van der Waals surface area contributed by atoms with Gasteiger partial charge in [0.1, 0.15) is 0 Å². The van der Waals surface area contributed by atoms with Gasteiger partial charge in [-0.25, -0.2) is 0 Å². The van der Waals surface area contributed by atoms with Crippen molar-refractivity contribution in [2.75, 3.05) is 4.90 Å². The Morgan fingerprint density at radius 2 is 0.774 bits per heavy atom. The Morgan fingerprint density at radius 1 is 0.274 bits per heavy atom. The van der Waals surface area contributed by atoms with Crippen LogP contribution in [0.4, 0.5) is 17.1 Å². The van der Waals surface area contributed by atoms with E-state index in [-0.39, 0.29) is 0 Å². The van der Waals surface area contributed by atoms with E-state index in [0.29, 0.717) is 0 Å². The van der Waals surface area contributed by atoms with Crippen LogP contribution in [0.25, 0.3) is 97.0 Å². The van der Waals surface area contributed by atoms with Gasteiger partial charge in [-0.3, -0.25) is 0 Å². The Kier molecular flexibility index (Phi) is 8.76. The van der Waals surface area contributed by atoms with E-state index in [4.69, 9.17) is 0 Å². The molecule has 12 rings (SSSR count). The molecule has 0 atom stereocenters. The van der Waals surface area contributed by atoms with E-state index >= 15 is 0 Å². The molecule has 0 aliphatic heterocycles. The van der Waals surface area contributed by atoms with Gasteiger partial charge in [-0.05, 0) is 131 Å². The average molecular weight is 806 g/mol. The summed E-state index contributed by atoms with van der Waals surface area (Å²) in [5.41, 5.74) is 13.2. The topological polar surface area (TPSA) is 3.24 Å². The summed E-state index contributed by atoms with van der Waals surface area (Å²) in [6.45, 7) is 0. The summed E-state index contributed by atoms with van der Waals surface area (Å²) in [4.78, 5) is 2.45. The van der Waals surface area contributed by atoms with Crippen LogP contribution in [0.5, 0.6) is 0 Å². The Morgan fingerprint density at radius 3 is 1.52 bits per heavy atom. The van der Waals surface area contributed by atoms with Gasteiger partial charge in [0.25, 0.3) is 0 Å². The van der Waals surface area contributed by atoms with Crippen LogP contribution in [0.3, 0.4) is 0 Å². The smallest absolute Gasteiger partial charge is 0.0554 e. The lowest BCUT2D eigenvalue weighted by molar-refractivity contribution is 1.31. The highest BCUT2D eigenvalue weighted by Crippen LogP contribution is 2.48. The van der Waals surface area contributed by atoms with Crippen LogP contribution < -0.4 is 4.90 Å². The molecule has 0 aliphatic rings. The second-order valence-electron chi connectivity index (χ2n) is 16.0. The van der Waals surface area contributed by atoms with Crippen molar-refractivity contribution in [1.82, 2.24) is 0 Å². The summed E-state index contributed by atoms with van der Waals surface area (Å²) in [5.74, 6) is 0. The van der Waals surface area contributed by atoms with E-state index < -0.39 is 0 Å². The number of nitrogens with zero attached hydrogens (tertiary/aromatic N) is 1. The number of thiophene rings is 1. The molecule has 0 saturated heterocycles. The number of hydrogen-bond acceptors (Lipinski definition) is 2. The van der Waals surface area contributed by atoms with Gasteiger partial charge < -0.3 is 4.90 Å². The van der Waals surface area contributed by atoms with Crippen LogP contribution in [-0.4, -0.2) is 0 Å². The van der Waals surface area contributed by atoms with E-state index in [9.17, 15) is 0 Å². The van der Waals surface area contributed by atoms with Gasteiger partial charge in [0.05, 0.1) is 5.69 Å². The van der Waals surface area contributed by atoms with Crippen molar-refractivity contribution in [3.05, 3.63) is 237 Å². The number of benzene rings is 11. The van der Waals surface area contributed by atoms with Gasteiger partial charge in [-0.2, -0.15) is 0 Å². The zero-order chi connectivity index (χ0) is 41.0. The van der Waals surface area contributed by atoms with Gasteiger partial charge in [0.15, 0.2) is 0 Å². The summed E-state index contributed by atoms with van der Waals surface area (Å²) < 4.78 is 2.58. The minimum Gasteiger partial charge on any atom is -0.310 e. The molecule has 0 unspecified atom stereocenters. The lowest BCUT2D eigenvalue weighted by Gasteiger charge is -2.27. The van der Waals surface area contributed by atoms with Crippen molar-refractivity contribution in [2.45, 2.75) is 0 Å². The van der Waals surface area contributed by atoms with E-state index in [0.717, 1.165) is 11.4 Å². The van der Waals surface area contributed by atoms with Crippen molar-refractivity contribution >= 4 is 80.9 Å². The molecule has 2 heteroatoms. The lowest BCUT2D eigenvalue weighted by Crippen LogP contribution is -2.10. The highest BCUT2D eigenvalue weighted by atomic mass is 32.1. The first-order chi connectivity index (χ1) is 30.7. The molecular weight excluding hydrogens is 767 g/mol. The highest BCUT2D eigenvalue weighted by molar-refractivity contribution is 7.26. The maximum absolute atomic E-state index is 2.45. The van der Waals surface area contributed by atoms with E-state index in [2.05, 4.69) is 241 Å². The van der Waals surface area contributed by atoms with Crippen molar-refractivity contribution in [3.63, 3.8) is 0 Å². The zero-order valence-corrected chi connectivity index (χ0v) is 34.7. The number of fused-ring (bicyclic) bond motifs is 7. The van der Waals surface area contributed by atoms with Crippen LogP contribution in [0.1, 0.15) is 0 Å². The monoisotopic (exact) mass is 805 g/mol. The SMILES string of the molecule is c1ccc(-c2ccc3cc(N(c4ccc(-c5ccc6c(c5)c(-c5ccccc5)c(-c5ccccc5)c5ccccc56)cc4)c4cccc5sc6ccccc6c45)ccc3c2)cc1. The molecule has 0 saturated carbocycles. The molecule has 0 aliphatic carbocycles. The van der Waals surface area contributed by atoms with Gasteiger partial charge in [0, 0.05) is 31.5 Å². The molecular formula is C60H39NS. The lowest BCUT2D eigenvalue weighted by atomic mass is 9.84. The fraction of sp³-hybridized carbons (Fsp3) is 0. The molecule has 0 amide bonds. The summed E-state index contributed by atoms with van der Waals surface area (Å²) >= 11 is 1.86. The Labute approximate surface area is 365 Å².